The van der Waals surface area contributed by atoms with Gasteiger partial charge >= 0.3 is 0 Å². The third-order valence-electron chi connectivity index (χ3n) is 7.47. The minimum Gasteiger partial charge on any atom is -0.456 e. The van der Waals surface area contributed by atoms with Crippen molar-refractivity contribution < 1.29 is 14.2 Å². The predicted octanol–water partition coefficient (Wildman–Crippen LogP) is 10.6. The van der Waals surface area contributed by atoms with Crippen molar-refractivity contribution in [3.8, 4) is 12.3 Å². The summed E-state index contributed by atoms with van der Waals surface area (Å²) < 4.78 is 17.9. The highest BCUT2D eigenvalue weighted by Gasteiger charge is 2.37. The molecule has 3 heteroatoms. The van der Waals surface area contributed by atoms with Crippen LogP contribution in [-0.4, -0.2) is 19.0 Å². The van der Waals surface area contributed by atoms with Crippen LogP contribution in [0.1, 0.15) is 168 Å². The molecule has 36 heavy (non-hydrogen) atoms. The van der Waals surface area contributed by atoms with Crippen LogP contribution in [0.25, 0.3) is 0 Å². The minimum atomic E-state index is -0.479. The summed E-state index contributed by atoms with van der Waals surface area (Å²) in [7, 11) is 0. The molecule has 1 aliphatic heterocycles. The quantitative estimate of drug-likeness (QED) is 0.0822. The smallest absolute Gasteiger partial charge is 0.250 e. The van der Waals surface area contributed by atoms with E-state index < -0.39 is 5.79 Å². The predicted molar refractivity (Wildman–Crippen MR) is 155 cm³/mol. The maximum absolute atomic E-state index is 6.32. The molecule has 0 aromatic carbocycles. The standard InChI is InChI=1S/C33H60O3/c1-4-7-9-11-13-15-17-19-21-23-25-27-33(35-31-32(36-33)30-34-29-6-3)28-26-24-22-20-18-16-14-12-10-8-5-2/h3,31H,4-5,7-30H2,1-2H3. The van der Waals surface area contributed by atoms with E-state index in [1.807, 2.05) is 0 Å². The molecule has 1 heterocycles. The first-order chi connectivity index (χ1) is 17.8. The van der Waals surface area contributed by atoms with Crippen LogP contribution in [0.15, 0.2) is 12.0 Å². The summed E-state index contributed by atoms with van der Waals surface area (Å²) in [4.78, 5) is 0. The van der Waals surface area contributed by atoms with Crippen molar-refractivity contribution in [3.05, 3.63) is 12.0 Å². The second-order valence-corrected chi connectivity index (χ2v) is 11.0. The zero-order valence-corrected chi connectivity index (χ0v) is 24.3. The van der Waals surface area contributed by atoms with Gasteiger partial charge in [0.15, 0.2) is 5.76 Å². The number of hydrogen-bond donors (Lipinski definition) is 0. The molecule has 0 fully saturated rings. The van der Waals surface area contributed by atoms with Gasteiger partial charge in [-0.1, -0.05) is 148 Å². The van der Waals surface area contributed by atoms with E-state index in [0.717, 1.165) is 18.6 Å². The normalized spacial score (nSPS) is 14.3. The van der Waals surface area contributed by atoms with E-state index in [-0.39, 0.29) is 0 Å². The summed E-state index contributed by atoms with van der Waals surface area (Å²) in [5, 5.41) is 0. The molecule has 210 valence electrons. The maximum atomic E-state index is 6.32. The first-order valence-corrected chi connectivity index (χ1v) is 15.8. The average molecular weight is 505 g/mol. The summed E-state index contributed by atoms with van der Waals surface area (Å²) in [6, 6.07) is 0. The monoisotopic (exact) mass is 504 g/mol. The van der Waals surface area contributed by atoms with Crippen molar-refractivity contribution in [2.24, 2.45) is 0 Å². The Labute approximate surface area is 225 Å². The van der Waals surface area contributed by atoms with Crippen LogP contribution in [0.2, 0.25) is 0 Å². The molecule has 0 N–H and O–H groups in total. The Balaban J connectivity index is 2.19. The van der Waals surface area contributed by atoms with Crippen LogP contribution >= 0.6 is 0 Å². The lowest BCUT2D eigenvalue weighted by Crippen LogP contribution is -2.31. The first kappa shape index (κ1) is 32.9. The van der Waals surface area contributed by atoms with Crippen LogP contribution in [0.4, 0.5) is 0 Å². The van der Waals surface area contributed by atoms with Crippen LogP contribution in [0.3, 0.4) is 0 Å². The lowest BCUT2D eigenvalue weighted by molar-refractivity contribution is -0.163. The second-order valence-electron chi connectivity index (χ2n) is 11.0. The summed E-state index contributed by atoms with van der Waals surface area (Å²) in [5.74, 6) is 2.83. The molecule has 0 aromatic heterocycles. The van der Waals surface area contributed by atoms with E-state index in [1.165, 1.54) is 141 Å². The highest BCUT2D eigenvalue weighted by Crippen LogP contribution is 2.35. The second kappa shape index (κ2) is 24.2. The Hall–Kier alpha value is -1.14. The zero-order chi connectivity index (χ0) is 26.0. The largest absolute Gasteiger partial charge is 0.456 e. The summed E-state index contributed by atoms with van der Waals surface area (Å²) in [6.45, 7) is 5.29. The molecule has 0 unspecified atom stereocenters. The third kappa shape index (κ3) is 18.2. The van der Waals surface area contributed by atoms with Gasteiger partial charge in [-0.25, -0.2) is 0 Å². The van der Waals surface area contributed by atoms with E-state index in [9.17, 15) is 0 Å². The van der Waals surface area contributed by atoms with Crippen molar-refractivity contribution in [2.75, 3.05) is 13.2 Å². The first-order valence-electron chi connectivity index (χ1n) is 15.8. The van der Waals surface area contributed by atoms with Gasteiger partial charge in [0, 0.05) is 12.8 Å². The SMILES string of the molecule is C#CCOCC1=COC(CCCCCCCCCCCCC)(CCCCCCCCCCCCC)O1. The third-order valence-corrected chi connectivity index (χ3v) is 7.47. The van der Waals surface area contributed by atoms with Gasteiger partial charge in [0.05, 0.1) is 0 Å². The van der Waals surface area contributed by atoms with E-state index in [4.69, 9.17) is 20.6 Å². The molecule has 0 radical (unpaired) electrons. The van der Waals surface area contributed by atoms with E-state index in [0.29, 0.717) is 13.2 Å². The summed E-state index contributed by atoms with van der Waals surface area (Å²) in [5.41, 5.74) is 0. The fourth-order valence-electron chi connectivity index (χ4n) is 5.20. The van der Waals surface area contributed by atoms with E-state index in [2.05, 4.69) is 19.8 Å². The van der Waals surface area contributed by atoms with Crippen LogP contribution < -0.4 is 0 Å². The number of ether oxygens (including phenoxy) is 3. The zero-order valence-electron chi connectivity index (χ0n) is 24.3. The van der Waals surface area contributed by atoms with Crippen molar-refractivity contribution in [1.82, 2.24) is 0 Å². The Kier molecular flexibility index (Phi) is 22.1. The molecule has 0 aliphatic carbocycles. The molecular formula is C33H60O3. The lowest BCUT2D eigenvalue weighted by Gasteiger charge is -2.29. The van der Waals surface area contributed by atoms with Crippen molar-refractivity contribution >= 4 is 0 Å². The van der Waals surface area contributed by atoms with E-state index >= 15 is 0 Å². The molecule has 1 rings (SSSR count). The molecular weight excluding hydrogens is 444 g/mol. The average Bonchev–Trinajstić information content (AvgIpc) is 3.29. The molecule has 0 saturated carbocycles. The molecule has 0 saturated heterocycles. The Morgan fingerprint density at radius 1 is 0.639 bits per heavy atom. The van der Waals surface area contributed by atoms with Gasteiger partial charge in [0.25, 0.3) is 0 Å². The highest BCUT2D eigenvalue weighted by molar-refractivity contribution is 4.98. The van der Waals surface area contributed by atoms with Gasteiger partial charge in [0.1, 0.15) is 19.5 Å². The lowest BCUT2D eigenvalue weighted by atomic mass is 9.98. The number of terminal acetylenes is 1. The van der Waals surface area contributed by atoms with Gasteiger partial charge in [-0.3, -0.25) is 0 Å². The van der Waals surface area contributed by atoms with Crippen molar-refractivity contribution in [3.63, 3.8) is 0 Å². The molecule has 0 amide bonds. The van der Waals surface area contributed by atoms with E-state index in [1.54, 1.807) is 6.26 Å². The van der Waals surface area contributed by atoms with Crippen LogP contribution in [0.5, 0.6) is 0 Å². The fraction of sp³-hybridized carbons (Fsp3) is 0.879. The Bertz CT molecular complexity index is 522. The summed E-state index contributed by atoms with van der Waals surface area (Å²) in [6.07, 6.45) is 38.9. The van der Waals surface area contributed by atoms with Crippen LogP contribution in [-0.2, 0) is 14.2 Å². The molecule has 0 spiro atoms. The molecule has 1 aliphatic rings. The molecule has 0 aromatic rings. The van der Waals surface area contributed by atoms with Gasteiger partial charge in [-0.15, -0.1) is 6.42 Å². The van der Waals surface area contributed by atoms with Gasteiger partial charge in [-0.2, -0.15) is 0 Å². The van der Waals surface area contributed by atoms with Crippen LogP contribution in [0, 0.1) is 12.3 Å². The molecule has 3 nitrogen and oxygen atoms in total. The van der Waals surface area contributed by atoms with Crippen molar-refractivity contribution in [1.29, 1.82) is 0 Å². The molecule has 0 atom stereocenters. The van der Waals surface area contributed by atoms with Gasteiger partial charge in [-0.05, 0) is 12.8 Å². The maximum Gasteiger partial charge on any atom is 0.250 e. The number of unbranched alkanes of at least 4 members (excludes halogenated alkanes) is 20. The number of hydrogen-bond acceptors (Lipinski definition) is 3. The van der Waals surface area contributed by atoms with Gasteiger partial charge < -0.3 is 14.2 Å². The molecule has 0 bridgehead atoms. The number of rotatable bonds is 27. The van der Waals surface area contributed by atoms with Gasteiger partial charge in [0.2, 0.25) is 5.79 Å². The summed E-state index contributed by atoms with van der Waals surface area (Å²) >= 11 is 0. The highest BCUT2D eigenvalue weighted by atomic mass is 16.7. The Morgan fingerprint density at radius 2 is 1.03 bits per heavy atom. The van der Waals surface area contributed by atoms with Crippen molar-refractivity contribution in [2.45, 2.75) is 174 Å². The fourth-order valence-corrected chi connectivity index (χ4v) is 5.20. The topological polar surface area (TPSA) is 27.7 Å². The minimum absolute atomic E-state index is 0.310. The Morgan fingerprint density at radius 3 is 1.42 bits per heavy atom.